The van der Waals surface area contributed by atoms with E-state index in [2.05, 4.69) is 13.0 Å². The number of hydrogen-bond acceptors (Lipinski definition) is 3. The Labute approximate surface area is 144 Å². The van der Waals surface area contributed by atoms with Crippen LogP contribution in [0, 0.1) is 22.7 Å². The van der Waals surface area contributed by atoms with E-state index in [0.717, 1.165) is 50.5 Å². The second kappa shape index (κ2) is 6.05. The van der Waals surface area contributed by atoms with Gasteiger partial charge >= 0.3 is 11.9 Å². The Bertz CT molecular complexity index is 617. The van der Waals surface area contributed by atoms with E-state index in [-0.39, 0.29) is 17.3 Å². The van der Waals surface area contributed by atoms with E-state index in [9.17, 15) is 14.7 Å². The smallest absolute Gasteiger partial charge is 0.330 e. The summed E-state index contributed by atoms with van der Waals surface area (Å²) in [6.07, 6.45) is 10.4. The highest BCUT2D eigenvalue weighted by molar-refractivity contribution is 5.83. The Morgan fingerprint density at radius 3 is 2.67 bits per heavy atom. The average molecular weight is 332 g/mol. The zero-order valence-electron chi connectivity index (χ0n) is 14.9. The van der Waals surface area contributed by atoms with Crippen LogP contribution >= 0.6 is 0 Å². The summed E-state index contributed by atoms with van der Waals surface area (Å²) >= 11 is 0. The first kappa shape index (κ1) is 17.2. The third-order valence-electron chi connectivity index (χ3n) is 7.03. The maximum atomic E-state index is 12.0. The molecule has 4 heteroatoms. The Hall–Kier alpha value is -1.58. The predicted octanol–water partition coefficient (Wildman–Crippen LogP) is 4.11. The van der Waals surface area contributed by atoms with Crippen molar-refractivity contribution in [2.24, 2.45) is 22.7 Å². The molecule has 0 saturated heterocycles. The van der Waals surface area contributed by atoms with Gasteiger partial charge in [0.25, 0.3) is 0 Å². The van der Waals surface area contributed by atoms with Crippen molar-refractivity contribution in [2.75, 3.05) is 7.11 Å². The molecule has 4 atom stereocenters. The predicted molar refractivity (Wildman–Crippen MR) is 91.3 cm³/mol. The zero-order chi connectivity index (χ0) is 17.5. The SMILES string of the molecule is COC(=O)C=C1C=C2CCC3[C@](C)(CCC[C@]3(C)C(=O)O)[C@H]2CC1. The third kappa shape index (κ3) is 2.60. The minimum atomic E-state index is -0.632. The summed E-state index contributed by atoms with van der Waals surface area (Å²) in [7, 11) is 1.40. The van der Waals surface area contributed by atoms with Gasteiger partial charge in [-0.25, -0.2) is 4.79 Å². The molecule has 3 aliphatic rings. The quantitative estimate of drug-likeness (QED) is 0.610. The van der Waals surface area contributed by atoms with E-state index in [1.165, 1.54) is 12.7 Å². The molecule has 0 amide bonds. The largest absolute Gasteiger partial charge is 0.481 e. The topological polar surface area (TPSA) is 63.6 Å². The Kier molecular flexibility index (Phi) is 4.35. The summed E-state index contributed by atoms with van der Waals surface area (Å²) in [6, 6.07) is 0. The number of carboxylic acids is 1. The fraction of sp³-hybridized carbons (Fsp3) is 0.700. The summed E-state index contributed by atoms with van der Waals surface area (Å²) in [5.74, 6) is -0.237. The van der Waals surface area contributed by atoms with E-state index in [1.807, 2.05) is 6.92 Å². The number of methoxy groups -OCH3 is 1. The number of esters is 1. The van der Waals surface area contributed by atoms with Crippen LogP contribution < -0.4 is 0 Å². The molecule has 0 radical (unpaired) electrons. The van der Waals surface area contributed by atoms with Gasteiger partial charge < -0.3 is 9.84 Å². The van der Waals surface area contributed by atoms with Crippen molar-refractivity contribution in [2.45, 2.75) is 58.8 Å². The number of rotatable bonds is 2. The molecule has 0 spiro atoms. The summed E-state index contributed by atoms with van der Waals surface area (Å²) in [5.41, 5.74) is 1.92. The lowest BCUT2D eigenvalue weighted by Gasteiger charge is -2.58. The maximum absolute atomic E-state index is 12.0. The molecule has 4 nitrogen and oxygen atoms in total. The van der Waals surface area contributed by atoms with Crippen molar-refractivity contribution in [1.29, 1.82) is 0 Å². The number of ether oxygens (including phenoxy) is 1. The van der Waals surface area contributed by atoms with E-state index < -0.39 is 11.4 Å². The van der Waals surface area contributed by atoms with Crippen molar-refractivity contribution in [3.63, 3.8) is 0 Å². The molecule has 0 bridgehead atoms. The van der Waals surface area contributed by atoms with E-state index in [1.54, 1.807) is 6.08 Å². The molecule has 132 valence electrons. The van der Waals surface area contributed by atoms with Gasteiger partial charge in [-0.2, -0.15) is 0 Å². The van der Waals surface area contributed by atoms with E-state index in [0.29, 0.717) is 5.92 Å². The molecule has 0 aromatic rings. The zero-order valence-corrected chi connectivity index (χ0v) is 14.9. The first-order chi connectivity index (χ1) is 11.3. The second-order valence-corrected chi connectivity index (χ2v) is 8.23. The van der Waals surface area contributed by atoms with Crippen LogP contribution in [-0.4, -0.2) is 24.2 Å². The van der Waals surface area contributed by atoms with Crippen LogP contribution in [0.25, 0.3) is 0 Å². The first-order valence-corrected chi connectivity index (χ1v) is 9.03. The monoisotopic (exact) mass is 332 g/mol. The van der Waals surface area contributed by atoms with Crippen molar-refractivity contribution in [3.05, 3.63) is 23.3 Å². The standard InChI is InChI=1S/C20H28O4/c1-19-9-4-10-20(2,18(22)23)16(19)8-6-14-11-13(5-7-15(14)19)12-17(21)24-3/h11-12,15-16H,4-10H2,1-3H3,(H,22,23)/t15-,16?,19+,20-/m0/s1. The van der Waals surface area contributed by atoms with Crippen LogP contribution in [0.5, 0.6) is 0 Å². The van der Waals surface area contributed by atoms with Crippen molar-refractivity contribution in [3.8, 4) is 0 Å². The second-order valence-electron chi connectivity index (χ2n) is 8.23. The number of aliphatic carboxylic acids is 1. The molecule has 24 heavy (non-hydrogen) atoms. The fourth-order valence-corrected chi connectivity index (χ4v) is 5.78. The molecule has 1 unspecified atom stereocenters. The first-order valence-electron chi connectivity index (χ1n) is 9.03. The van der Waals surface area contributed by atoms with Crippen LogP contribution in [-0.2, 0) is 14.3 Å². The van der Waals surface area contributed by atoms with Crippen molar-refractivity contribution < 1.29 is 19.4 Å². The van der Waals surface area contributed by atoms with Gasteiger partial charge in [0.1, 0.15) is 0 Å². The molecule has 3 rings (SSSR count). The van der Waals surface area contributed by atoms with Gasteiger partial charge in [0.15, 0.2) is 0 Å². The summed E-state index contributed by atoms with van der Waals surface area (Å²) in [5, 5.41) is 9.84. The van der Waals surface area contributed by atoms with Crippen LogP contribution in [0.15, 0.2) is 23.3 Å². The summed E-state index contributed by atoms with van der Waals surface area (Å²) in [6.45, 7) is 4.27. The molecule has 0 heterocycles. The highest BCUT2D eigenvalue weighted by Crippen LogP contribution is 2.63. The van der Waals surface area contributed by atoms with Crippen LogP contribution in [0.3, 0.4) is 0 Å². The molecule has 2 fully saturated rings. The van der Waals surface area contributed by atoms with Crippen LogP contribution in [0.4, 0.5) is 0 Å². The average Bonchev–Trinajstić information content (AvgIpc) is 2.54. The van der Waals surface area contributed by atoms with Gasteiger partial charge in [-0.15, -0.1) is 0 Å². The van der Waals surface area contributed by atoms with Gasteiger partial charge in [-0.3, -0.25) is 4.79 Å². The van der Waals surface area contributed by atoms with Gasteiger partial charge in [0.2, 0.25) is 0 Å². The van der Waals surface area contributed by atoms with Gasteiger partial charge in [0.05, 0.1) is 12.5 Å². The molecule has 2 saturated carbocycles. The molecule has 0 aliphatic heterocycles. The minimum absolute atomic E-state index is 0.0618. The summed E-state index contributed by atoms with van der Waals surface area (Å²) in [4.78, 5) is 23.5. The van der Waals surface area contributed by atoms with Crippen molar-refractivity contribution >= 4 is 11.9 Å². The van der Waals surface area contributed by atoms with Gasteiger partial charge in [-0.1, -0.05) is 25.0 Å². The fourth-order valence-electron chi connectivity index (χ4n) is 5.78. The van der Waals surface area contributed by atoms with Gasteiger partial charge in [-0.05, 0) is 68.3 Å². The highest BCUT2D eigenvalue weighted by atomic mass is 16.5. The Balaban J connectivity index is 1.92. The molecule has 3 aliphatic carbocycles. The summed E-state index contributed by atoms with van der Waals surface area (Å²) < 4.78 is 4.74. The molecular formula is C20H28O4. The highest BCUT2D eigenvalue weighted by Gasteiger charge is 2.57. The Morgan fingerprint density at radius 2 is 2.00 bits per heavy atom. The van der Waals surface area contributed by atoms with Crippen LogP contribution in [0.2, 0.25) is 0 Å². The Morgan fingerprint density at radius 1 is 1.25 bits per heavy atom. The maximum Gasteiger partial charge on any atom is 0.330 e. The lowest BCUT2D eigenvalue weighted by atomic mass is 9.46. The van der Waals surface area contributed by atoms with E-state index in [4.69, 9.17) is 4.74 Å². The van der Waals surface area contributed by atoms with E-state index >= 15 is 0 Å². The number of carbonyl (C=O) groups excluding carboxylic acids is 1. The molecule has 1 N–H and O–H groups in total. The van der Waals surface area contributed by atoms with Crippen LogP contribution in [0.1, 0.15) is 58.8 Å². The van der Waals surface area contributed by atoms with Gasteiger partial charge in [0, 0.05) is 6.08 Å². The van der Waals surface area contributed by atoms with Crippen molar-refractivity contribution in [1.82, 2.24) is 0 Å². The normalized spacial score (nSPS) is 40.3. The molecule has 0 aromatic carbocycles. The number of carboxylic acid groups (broad SMARTS) is 1. The molecular weight excluding hydrogens is 304 g/mol. The number of fused-ring (bicyclic) bond motifs is 3. The minimum Gasteiger partial charge on any atom is -0.481 e. The lowest BCUT2D eigenvalue weighted by molar-refractivity contribution is -0.164. The number of allylic oxidation sites excluding steroid dienone is 3. The number of hydrogen-bond donors (Lipinski definition) is 1. The number of carbonyl (C=O) groups is 2. The third-order valence-corrected chi connectivity index (χ3v) is 7.03. The lowest BCUT2D eigenvalue weighted by Crippen LogP contribution is -2.53. The molecule has 0 aromatic heterocycles.